The van der Waals surface area contributed by atoms with Crippen LogP contribution in [-0.2, 0) is 10.3 Å². The van der Waals surface area contributed by atoms with Gasteiger partial charge in [-0.25, -0.2) is 0 Å². The molecular weight excluding hydrogens is 346 g/mol. The highest BCUT2D eigenvalue weighted by atomic mass is 35.5. The summed E-state index contributed by atoms with van der Waals surface area (Å²) in [6.07, 6.45) is 0.400. The average Bonchev–Trinajstić information content (AvgIpc) is 3.01. The number of benzene rings is 2. The summed E-state index contributed by atoms with van der Waals surface area (Å²) in [6.45, 7) is 8.04. The molecule has 1 saturated heterocycles. The van der Waals surface area contributed by atoms with Gasteiger partial charge in [0.2, 0.25) is 0 Å². The zero-order valence-corrected chi connectivity index (χ0v) is 16.5. The fourth-order valence-electron chi connectivity index (χ4n) is 3.92. The molecule has 1 heterocycles. The fourth-order valence-corrected chi connectivity index (χ4v) is 3.92. The zero-order valence-electron chi connectivity index (χ0n) is 15.7. The summed E-state index contributed by atoms with van der Waals surface area (Å²) in [4.78, 5) is 2.40. The Hall–Kier alpha value is -1.39. The van der Waals surface area contributed by atoms with Gasteiger partial charge in [0, 0.05) is 5.92 Å². The first-order valence-electron chi connectivity index (χ1n) is 9.37. The van der Waals surface area contributed by atoms with Crippen LogP contribution < -0.4 is 0 Å². The molecule has 4 heteroatoms. The van der Waals surface area contributed by atoms with Gasteiger partial charge in [-0.05, 0) is 37.2 Å². The van der Waals surface area contributed by atoms with Gasteiger partial charge in [0.25, 0.3) is 0 Å². The second-order valence-electron chi connectivity index (χ2n) is 6.80. The molecule has 1 aliphatic rings. The number of hydrogen-bond donors (Lipinski definition) is 1. The Morgan fingerprint density at radius 1 is 0.962 bits per heavy atom. The molecule has 0 aliphatic carbocycles. The first kappa shape index (κ1) is 20.9. The van der Waals surface area contributed by atoms with Crippen molar-refractivity contribution in [1.82, 2.24) is 4.90 Å². The Labute approximate surface area is 163 Å². The Kier molecular flexibility index (Phi) is 7.66. The van der Waals surface area contributed by atoms with Gasteiger partial charge in [-0.15, -0.1) is 12.4 Å². The molecule has 3 rings (SSSR count). The smallest absolute Gasteiger partial charge is 0.144 e. The molecule has 1 aliphatic heterocycles. The van der Waals surface area contributed by atoms with Gasteiger partial charge >= 0.3 is 0 Å². The van der Waals surface area contributed by atoms with E-state index in [9.17, 15) is 5.11 Å². The van der Waals surface area contributed by atoms with Gasteiger partial charge in [-0.3, -0.25) is 0 Å². The Morgan fingerprint density at radius 3 is 1.92 bits per heavy atom. The van der Waals surface area contributed by atoms with E-state index in [1.54, 1.807) is 0 Å². The lowest BCUT2D eigenvalue weighted by Gasteiger charge is -2.34. The number of hydrogen-bond acceptors (Lipinski definition) is 3. The molecule has 142 valence electrons. The van der Waals surface area contributed by atoms with E-state index in [4.69, 9.17) is 4.74 Å². The Bertz CT molecular complexity index is 606. The SMILES string of the molecule is CCN(CC)CC[C@H]1COC(c2ccccc2)(c2ccccc2)[C@@H]1O.Cl. The summed E-state index contributed by atoms with van der Waals surface area (Å²) in [6, 6.07) is 20.3. The van der Waals surface area contributed by atoms with Gasteiger partial charge < -0.3 is 14.7 Å². The maximum Gasteiger partial charge on any atom is 0.144 e. The lowest BCUT2D eigenvalue weighted by molar-refractivity contribution is -0.0333. The van der Waals surface area contributed by atoms with Crippen molar-refractivity contribution in [3.8, 4) is 0 Å². The number of aliphatic hydroxyl groups excluding tert-OH is 1. The molecule has 2 aromatic rings. The lowest BCUT2D eigenvalue weighted by atomic mass is 9.78. The predicted molar refractivity (Wildman–Crippen MR) is 109 cm³/mol. The molecule has 0 unspecified atom stereocenters. The molecule has 0 saturated carbocycles. The fraction of sp³-hybridized carbons (Fsp3) is 0.455. The summed E-state index contributed by atoms with van der Waals surface area (Å²) in [5, 5.41) is 11.3. The van der Waals surface area contributed by atoms with Crippen LogP contribution in [0.2, 0.25) is 0 Å². The second kappa shape index (κ2) is 9.52. The van der Waals surface area contributed by atoms with Crippen LogP contribution in [0.5, 0.6) is 0 Å². The van der Waals surface area contributed by atoms with Gasteiger partial charge in [0.1, 0.15) is 5.60 Å². The third-order valence-corrected chi connectivity index (χ3v) is 5.50. The van der Waals surface area contributed by atoms with Gasteiger partial charge in [0.15, 0.2) is 0 Å². The maximum atomic E-state index is 11.3. The third kappa shape index (κ3) is 3.96. The van der Waals surface area contributed by atoms with Crippen LogP contribution in [0.3, 0.4) is 0 Å². The van der Waals surface area contributed by atoms with E-state index >= 15 is 0 Å². The van der Waals surface area contributed by atoms with Crippen molar-refractivity contribution in [2.24, 2.45) is 5.92 Å². The molecule has 0 spiro atoms. The molecule has 0 radical (unpaired) electrons. The zero-order chi connectivity index (χ0) is 17.7. The highest BCUT2D eigenvalue weighted by Gasteiger charge is 2.51. The normalized spacial score (nSPS) is 21.5. The maximum absolute atomic E-state index is 11.3. The monoisotopic (exact) mass is 375 g/mol. The van der Waals surface area contributed by atoms with Crippen molar-refractivity contribution in [2.45, 2.75) is 32.0 Å². The van der Waals surface area contributed by atoms with Crippen LogP contribution in [0.4, 0.5) is 0 Å². The Balaban J connectivity index is 0.00000243. The summed E-state index contributed by atoms with van der Waals surface area (Å²) in [5.74, 6) is 0.140. The minimum absolute atomic E-state index is 0. The molecule has 2 aromatic carbocycles. The van der Waals surface area contributed by atoms with E-state index in [-0.39, 0.29) is 18.3 Å². The molecule has 2 atom stereocenters. The molecule has 0 bridgehead atoms. The summed E-state index contributed by atoms with van der Waals surface area (Å²) >= 11 is 0. The average molecular weight is 376 g/mol. The van der Waals surface area contributed by atoms with Crippen molar-refractivity contribution in [2.75, 3.05) is 26.2 Å². The van der Waals surface area contributed by atoms with Crippen molar-refractivity contribution >= 4 is 12.4 Å². The molecule has 3 nitrogen and oxygen atoms in total. The first-order chi connectivity index (χ1) is 12.2. The Morgan fingerprint density at radius 2 is 1.46 bits per heavy atom. The van der Waals surface area contributed by atoms with Crippen LogP contribution in [0.15, 0.2) is 60.7 Å². The minimum atomic E-state index is -0.767. The van der Waals surface area contributed by atoms with E-state index in [0.717, 1.165) is 37.2 Å². The molecular formula is C22H30ClNO2. The van der Waals surface area contributed by atoms with E-state index in [1.165, 1.54) is 0 Å². The minimum Gasteiger partial charge on any atom is -0.389 e. The van der Waals surface area contributed by atoms with E-state index in [0.29, 0.717) is 6.61 Å². The largest absolute Gasteiger partial charge is 0.389 e. The van der Waals surface area contributed by atoms with Crippen LogP contribution in [0.1, 0.15) is 31.4 Å². The van der Waals surface area contributed by atoms with Crippen LogP contribution in [-0.4, -0.2) is 42.4 Å². The first-order valence-corrected chi connectivity index (χ1v) is 9.37. The number of halogens is 1. The topological polar surface area (TPSA) is 32.7 Å². The third-order valence-electron chi connectivity index (χ3n) is 5.50. The molecule has 1 fully saturated rings. The number of ether oxygens (including phenoxy) is 1. The van der Waals surface area contributed by atoms with E-state index < -0.39 is 11.7 Å². The van der Waals surface area contributed by atoms with E-state index in [2.05, 4.69) is 43.0 Å². The van der Waals surface area contributed by atoms with Crippen LogP contribution >= 0.6 is 12.4 Å². The number of aliphatic hydroxyl groups is 1. The van der Waals surface area contributed by atoms with Crippen molar-refractivity contribution in [1.29, 1.82) is 0 Å². The molecule has 26 heavy (non-hydrogen) atoms. The summed E-state index contributed by atoms with van der Waals surface area (Å²) in [5.41, 5.74) is 1.29. The highest BCUT2D eigenvalue weighted by Crippen LogP contribution is 2.45. The number of nitrogens with zero attached hydrogens (tertiary/aromatic N) is 1. The molecule has 0 amide bonds. The van der Waals surface area contributed by atoms with Crippen LogP contribution in [0, 0.1) is 5.92 Å². The van der Waals surface area contributed by atoms with Crippen molar-refractivity contribution in [3.05, 3.63) is 71.8 Å². The van der Waals surface area contributed by atoms with Crippen molar-refractivity contribution < 1.29 is 9.84 Å². The standard InChI is InChI=1S/C22H29NO2.ClH/c1-3-23(4-2)16-15-18-17-25-22(21(18)24,19-11-7-5-8-12-19)20-13-9-6-10-14-20;/h5-14,18,21,24H,3-4,15-17H2,1-2H3;1H/t18-,21+;/m0./s1. The quantitative estimate of drug-likeness (QED) is 0.791. The molecule has 1 N–H and O–H groups in total. The van der Waals surface area contributed by atoms with E-state index in [1.807, 2.05) is 36.4 Å². The van der Waals surface area contributed by atoms with Crippen molar-refractivity contribution in [3.63, 3.8) is 0 Å². The van der Waals surface area contributed by atoms with Crippen LogP contribution in [0.25, 0.3) is 0 Å². The van der Waals surface area contributed by atoms with Gasteiger partial charge in [0.05, 0.1) is 12.7 Å². The second-order valence-corrected chi connectivity index (χ2v) is 6.80. The van der Waals surface area contributed by atoms with Gasteiger partial charge in [-0.2, -0.15) is 0 Å². The predicted octanol–water partition coefficient (Wildman–Crippen LogP) is 4.09. The number of rotatable bonds is 7. The molecule has 0 aromatic heterocycles. The van der Waals surface area contributed by atoms with Gasteiger partial charge in [-0.1, -0.05) is 74.5 Å². The summed E-state index contributed by atoms with van der Waals surface area (Å²) < 4.78 is 6.37. The highest BCUT2D eigenvalue weighted by molar-refractivity contribution is 5.85. The summed E-state index contributed by atoms with van der Waals surface area (Å²) in [7, 11) is 0. The lowest BCUT2D eigenvalue weighted by Crippen LogP contribution is -2.40.